The van der Waals surface area contributed by atoms with Gasteiger partial charge in [0.25, 0.3) is 0 Å². The molecular formula is C13H26N2O2. The summed E-state index contributed by atoms with van der Waals surface area (Å²) in [6, 6.07) is 1.12. The number of nitrogens with zero attached hydrogens (tertiary/aromatic N) is 1. The number of morpholine rings is 1. The number of nitrogens with one attached hydrogen (secondary N) is 1. The van der Waals surface area contributed by atoms with Crippen LogP contribution < -0.4 is 5.32 Å². The van der Waals surface area contributed by atoms with Crippen LogP contribution in [-0.2, 0) is 9.47 Å². The predicted molar refractivity (Wildman–Crippen MR) is 68.3 cm³/mol. The average molecular weight is 242 g/mol. The van der Waals surface area contributed by atoms with Gasteiger partial charge in [0.2, 0.25) is 0 Å². The minimum atomic E-state index is 0.477. The van der Waals surface area contributed by atoms with Crippen molar-refractivity contribution in [3.63, 3.8) is 0 Å². The number of hydrogen-bond acceptors (Lipinski definition) is 4. The van der Waals surface area contributed by atoms with Crippen LogP contribution in [0.2, 0.25) is 0 Å². The van der Waals surface area contributed by atoms with E-state index in [0.29, 0.717) is 18.2 Å². The van der Waals surface area contributed by atoms with Gasteiger partial charge in [-0.25, -0.2) is 0 Å². The molecule has 1 N–H and O–H groups in total. The SMILES string of the molecule is CCNCC(COC)N1CCOC2CCCC21. The van der Waals surface area contributed by atoms with Gasteiger partial charge >= 0.3 is 0 Å². The highest BCUT2D eigenvalue weighted by Gasteiger charge is 2.38. The standard InChI is InChI=1S/C13H26N2O2/c1-3-14-9-11(10-16-2)15-7-8-17-13-6-4-5-12(13)15/h11-14H,3-10H2,1-2H3. The summed E-state index contributed by atoms with van der Waals surface area (Å²) in [5.74, 6) is 0. The molecular weight excluding hydrogens is 216 g/mol. The van der Waals surface area contributed by atoms with E-state index in [0.717, 1.165) is 32.8 Å². The van der Waals surface area contributed by atoms with Gasteiger partial charge in [-0.1, -0.05) is 6.92 Å². The van der Waals surface area contributed by atoms with Gasteiger partial charge in [0.15, 0.2) is 0 Å². The zero-order valence-electron chi connectivity index (χ0n) is 11.2. The van der Waals surface area contributed by atoms with Gasteiger partial charge in [0.1, 0.15) is 0 Å². The minimum absolute atomic E-state index is 0.477. The molecule has 100 valence electrons. The third-order valence-corrected chi connectivity index (χ3v) is 3.98. The molecule has 0 amide bonds. The van der Waals surface area contributed by atoms with E-state index in [2.05, 4.69) is 17.1 Å². The van der Waals surface area contributed by atoms with Gasteiger partial charge in [-0.15, -0.1) is 0 Å². The van der Waals surface area contributed by atoms with E-state index >= 15 is 0 Å². The van der Waals surface area contributed by atoms with Gasteiger partial charge in [0, 0.05) is 32.3 Å². The minimum Gasteiger partial charge on any atom is -0.383 e. The van der Waals surface area contributed by atoms with Crippen LogP contribution in [-0.4, -0.2) is 63.0 Å². The van der Waals surface area contributed by atoms with E-state index in [9.17, 15) is 0 Å². The quantitative estimate of drug-likeness (QED) is 0.749. The average Bonchev–Trinajstić information content (AvgIpc) is 2.82. The maximum atomic E-state index is 5.86. The van der Waals surface area contributed by atoms with E-state index in [-0.39, 0.29) is 0 Å². The normalized spacial score (nSPS) is 31.4. The highest BCUT2D eigenvalue weighted by Crippen LogP contribution is 2.30. The monoisotopic (exact) mass is 242 g/mol. The van der Waals surface area contributed by atoms with Crippen LogP contribution in [0.25, 0.3) is 0 Å². The summed E-state index contributed by atoms with van der Waals surface area (Å²) in [5, 5.41) is 3.45. The van der Waals surface area contributed by atoms with Crippen LogP contribution in [0.15, 0.2) is 0 Å². The second kappa shape index (κ2) is 6.69. The summed E-state index contributed by atoms with van der Waals surface area (Å²) in [5.41, 5.74) is 0. The smallest absolute Gasteiger partial charge is 0.0731 e. The van der Waals surface area contributed by atoms with Crippen LogP contribution in [0.4, 0.5) is 0 Å². The molecule has 17 heavy (non-hydrogen) atoms. The molecule has 2 rings (SSSR count). The Morgan fingerprint density at radius 1 is 1.47 bits per heavy atom. The van der Waals surface area contributed by atoms with E-state index in [4.69, 9.17) is 9.47 Å². The molecule has 1 saturated heterocycles. The van der Waals surface area contributed by atoms with E-state index in [1.54, 1.807) is 7.11 Å². The summed E-state index contributed by atoms with van der Waals surface area (Å²) < 4.78 is 11.2. The maximum absolute atomic E-state index is 5.86. The number of hydrogen-bond donors (Lipinski definition) is 1. The van der Waals surface area contributed by atoms with E-state index < -0.39 is 0 Å². The Bertz CT molecular complexity index is 225. The third-order valence-electron chi connectivity index (χ3n) is 3.98. The fourth-order valence-corrected chi connectivity index (χ4v) is 3.18. The Labute approximate surface area is 105 Å². The van der Waals surface area contributed by atoms with Crippen molar-refractivity contribution in [2.75, 3.05) is 40.0 Å². The molecule has 0 aromatic carbocycles. The van der Waals surface area contributed by atoms with Crippen molar-refractivity contribution in [2.45, 2.75) is 44.4 Å². The summed E-state index contributed by atoms with van der Waals surface area (Å²) >= 11 is 0. The Hall–Kier alpha value is -0.160. The molecule has 1 heterocycles. The molecule has 2 aliphatic rings. The molecule has 4 nitrogen and oxygen atoms in total. The van der Waals surface area contributed by atoms with Crippen molar-refractivity contribution >= 4 is 0 Å². The van der Waals surface area contributed by atoms with Crippen molar-refractivity contribution in [3.05, 3.63) is 0 Å². The molecule has 1 aliphatic heterocycles. The topological polar surface area (TPSA) is 33.7 Å². The molecule has 0 bridgehead atoms. The van der Waals surface area contributed by atoms with Crippen LogP contribution in [0.5, 0.6) is 0 Å². The fraction of sp³-hybridized carbons (Fsp3) is 1.00. The Morgan fingerprint density at radius 3 is 3.12 bits per heavy atom. The van der Waals surface area contributed by atoms with Crippen molar-refractivity contribution < 1.29 is 9.47 Å². The summed E-state index contributed by atoms with van der Waals surface area (Å²) in [7, 11) is 1.80. The molecule has 2 fully saturated rings. The van der Waals surface area contributed by atoms with Crippen molar-refractivity contribution in [1.82, 2.24) is 10.2 Å². The molecule has 3 unspecified atom stereocenters. The zero-order valence-corrected chi connectivity index (χ0v) is 11.2. The largest absolute Gasteiger partial charge is 0.383 e. The highest BCUT2D eigenvalue weighted by molar-refractivity contribution is 4.92. The van der Waals surface area contributed by atoms with Crippen LogP contribution >= 0.6 is 0 Å². The Kier molecular flexibility index (Phi) is 5.22. The first-order valence-corrected chi connectivity index (χ1v) is 6.93. The van der Waals surface area contributed by atoms with Gasteiger partial charge < -0.3 is 14.8 Å². The van der Waals surface area contributed by atoms with Crippen LogP contribution in [0.1, 0.15) is 26.2 Å². The molecule has 4 heteroatoms. The lowest BCUT2D eigenvalue weighted by Gasteiger charge is -2.42. The lowest BCUT2D eigenvalue weighted by atomic mass is 10.1. The number of likely N-dealkylation sites (N-methyl/N-ethyl adjacent to an activating group) is 1. The van der Waals surface area contributed by atoms with E-state index in [1.807, 2.05) is 0 Å². The van der Waals surface area contributed by atoms with Gasteiger partial charge in [-0.3, -0.25) is 4.90 Å². The van der Waals surface area contributed by atoms with Gasteiger partial charge in [-0.2, -0.15) is 0 Å². The van der Waals surface area contributed by atoms with Gasteiger partial charge in [0.05, 0.1) is 19.3 Å². The second-order valence-corrected chi connectivity index (χ2v) is 5.06. The molecule has 0 radical (unpaired) electrons. The summed E-state index contributed by atoms with van der Waals surface area (Å²) in [4.78, 5) is 2.62. The lowest BCUT2D eigenvalue weighted by molar-refractivity contribution is -0.0805. The molecule has 1 aliphatic carbocycles. The first kappa shape index (κ1) is 13.3. The van der Waals surface area contributed by atoms with Crippen molar-refractivity contribution in [1.29, 1.82) is 0 Å². The van der Waals surface area contributed by atoms with E-state index in [1.165, 1.54) is 19.3 Å². The fourth-order valence-electron chi connectivity index (χ4n) is 3.18. The number of fused-ring (bicyclic) bond motifs is 1. The lowest BCUT2D eigenvalue weighted by Crippen LogP contribution is -2.57. The Balaban J connectivity index is 1.95. The zero-order chi connectivity index (χ0) is 12.1. The summed E-state index contributed by atoms with van der Waals surface area (Å²) in [6.07, 6.45) is 4.32. The number of rotatable bonds is 6. The van der Waals surface area contributed by atoms with Crippen molar-refractivity contribution in [2.24, 2.45) is 0 Å². The molecule has 0 aromatic rings. The van der Waals surface area contributed by atoms with Crippen LogP contribution in [0, 0.1) is 0 Å². The molecule has 1 saturated carbocycles. The first-order chi connectivity index (χ1) is 8.36. The predicted octanol–water partition coefficient (Wildman–Crippen LogP) is 0.864. The van der Waals surface area contributed by atoms with Gasteiger partial charge in [-0.05, 0) is 25.8 Å². The first-order valence-electron chi connectivity index (χ1n) is 6.93. The molecule has 0 aromatic heterocycles. The van der Waals surface area contributed by atoms with Crippen molar-refractivity contribution in [3.8, 4) is 0 Å². The molecule has 0 spiro atoms. The molecule has 3 atom stereocenters. The van der Waals surface area contributed by atoms with Crippen LogP contribution in [0.3, 0.4) is 0 Å². The highest BCUT2D eigenvalue weighted by atomic mass is 16.5. The second-order valence-electron chi connectivity index (χ2n) is 5.06. The number of ether oxygens (including phenoxy) is 2. The third kappa shape index (κ3) is 3.19. The summed E-state index contributed by atoms with van der Waals surface area (Å²) in [6.45, 7) is 6.96. The Morgan fingerprint density at radius 2 is 2.35 bits per heavy atom. The number of methoxy groups -OCH3 is 1. The maximum Gasteiger partial charge on any atom is 0.0731 e.